The molecule has 3 heteroatoms. The number of nitrogens with zero attached hydrogens (tertiary/aromatic N) is 1. The van der Waals surface area contributed by atoms with Gasteiger partial charge in [-0.1, -0.05) is 73.5 Å². The van der Waals surface area contributed by atoms with E-state index in [1.54, 1.807) is 0 Å². The summed E-state index contributed by atoms with van der Waals surface area (Å²) >= 11 is 0. The van der Waals surface area contributed by atoms with E-state index >= 15 is 0 Å². The van der Waals surface area contributed by atoms with Gasteiger partial charge >= 0.3 is 0 Å². The predicted molar refractivity (Wildman–Crippen MR) is 108 cm³/mol. The van der Waals surface area contributed by atoms with Crippen LogP contribution in [-0.2, 0) is 0 Å². The number of nitrogens with two attached hydrogens (primary N) is 1. The molecule has 0 fully saturated rings. The highest BCUT2D eigenvalue weighted by Crippen LogP contribution is 2.28. The first-order valence-electron chi connectivity index (χ1n) is 9.32. The van der Waals surface area contributed by atoms with Crippen molar-refractivity contribution in [1.29, 1.82) is 0 Å². The van der Waals surface area contributed by atoms with Gasteiger partial charge < -0.3 is 10.5 Å². The highest BCUT2D eigenvalue weighted by molar-refractivity contribution is 5.71. The molecule has 0 atom stereocenters. The Kier molecular flexibility index (Phi) is 6.80. The maximum absolute atomic E-state index is 5.97. The topological polar surface area (TPSA) is 48.1 Å². The summed E-state index contributed by atoms with van der Waals surface area (Å²) in [4.78, 5) is 4.72. The predicted octanol–water partition coefficient (Wildman–Crippen LogP) is 5.31. The second-order valence-corrected chi connectivity index (χ2v) is 6.36. The Bertz CT molecular complexity index is 730. The van der Waals surface area contributed by atoms with Gasteiger partial charge in [-0.15, -0.1) is 0 Å². The molecule has 3 rings (SSSR count). The normalized spacial score (nSPS) is 10.7. The molecule has 0 amide bonds. The van der Waals surface area contributed by atoms with Crippen molar-refractivity contribution in [2.45, 2.75) is 25.7 Å². The van der Waals surface area contributed by atoms with Crippen LogP contribution in [0.1, 0.15) is 25.7 Å². The SMILES string of the molecule is NCCCCCCOc1cc(-c2ccccc2)cc(-c2ccccc2)n1. The molecular weight excluding hydrogens is 320 g/mol. The third kappa shape index (κ3) is 5.17. The van der Waals surface area contributed by atoms with Gasteiger partial charge in [0.25, 0.3) is 0 Å². The van der Waals surface area contributed by atoms with Gasteiger partial charge in [0.05, 0.1) is 12.3 Å². The summed E-state index contributed by atoms with van der Waals surface area (Å²) in [5.74, 6) is 0.684. The van der Waals surface area contributed by atoms with Crippen molar-refractivity contribution in [1.82, 2.24) is 4.98 Å². The quantitative estimate of drug-likeness (QED) is 0.534. The van der Waals surface area contributed by atoms with Gasteiger partial charge in [-0.2, -0.15) is 0 Å². The molecule has 3 aromatic rings. The number of hydrogen-bond acceptors (Lipinski definition) is 3. The minimum Gasteiger partial charge on any atom is -0.478 e. The Labute approximate surface area is 155 Å². The Hall–Kier alpha value is -2.65. The molecule has 1 heterocycles. The zero-order chi connectivity index (χ0) is 18.0. The van der Waals surface area contributed by atoms with Crippen molar-refractivity contribution in [2.24, 2.45) is 5.73 Å². The Balaban J connectivity index is 1.79. The molecule has 0 saturated heterocycles. The molecule has 0 aliphatic rings. The van der Waals surface area contributed by atoms with Crippen LogP contribution in [0.2, 0.25) is 0 Å². The van der Waals surface area contributed by atoms with Crippen LogP contribution in [0.15, 0.2) is 72.8 Å². The minimum absolute atomic E-state index is 0.684. The summed E-state index contributed by atoms with van der Waals surface area (Å²) in [6.07, 6.45) is 4.41. The second kappa shape index (κ2) is 9.73. The third-order valence-corrected chi connectivity index (χ3v) is 4.33. The van der Waals surface area contributed by atoms with Gasteiger partial charge in [-0.05, 0) is 36.6 Å². The molecule has 0 bridgehead atoms. The zero-order valence-corrected chi connectivity index (χ0v) is 15.1. The van der Waals surface area contributed by atoms with Crippen molar-refractivity contribution < 1.29 is 4.74 Å². The average molecular weight is 346 g/mol. The first kappa shape index (κ1) is 18.2. The van der Waals surface area contributed by atoms with Crippen LogP contribution in [0.3, 0.4) is 0 Å². The lowest BCUT2D eigenvalue weighted by atomic mass is 10.0. The molecule has 134 valence electrons. The van der Waals surface area contributed by atoms with Crippen molar-refractivity contribution in [3.63, 3.8) is 0 Å². The molecule has 0 aliphatic heterocycles. The highest BCUT2D eigenvalue weighted by atomic mass is 16.5. The first-order chi connectivity index (χ1) is 12.9. The fourth-order valence-corrected chi connectivity index (χ4v) is 2.91. The molecule has 3 nitrogen and oxygen atoms in total. The van der Waals surface area contributed by atoms with Gasteiger partial charge in [0, 0.05) is 11.6 Å². The summed E-state index contributed by atoms with van der Waals surface area (Å²) in [5, 5.41) is 0. The van der Waals surface area contributed by atoms with Crippen molar-refractivity contribution in [3.05, 3.63) is 72.8 Å². The number of aromatic nitrogens is 1. The van der Waals surface area contributed by atoms with Crippen LogP contribution in [0.25, 0.3) is 22.4 Å². The molecule has 0 aliphatic carbocycles. The maximum atomic E-state index is 5.97. The van der Waals surface area contributed by atoms with Gasteiger partial charge in [0.1, 0.15) is 0 Å². The Morgan fingerprint density at radius 1 is 0.692 bits per heavy atom. The molecule has 0 radical (unpaired) electrons. The maximum Gasteiger partial charge on any atom is 0.214 e. The fourth-order valence-electron chi connectivity index (χ4n) is 2.91. The second-order valence-electron chi connectivity index (χ2n) is 6.36. The molecule has 2 aromatic carbocycles. The van der Waals surface area contributed by atoms with E-state index in [9.17, 15) is 0 Å². The summed E-state index contributed by atoms with van der Waals surface area (Å²) < 4.78 is 5.97. The first-order valence-corrected chi connectivity index (χ1v) is 9.32. The van der Waals surface area contributed by atoms with Crippen molar-refractivity contribution >= 4 is 0 Å². The van der Waals surface area contributed by atoms with E-state index in [4.69, 9.17) is 15.5 Å². The molecular formula is C23H26N2O. The van der Waals surface area contributed by atoms with Gasteiger partial charge in [0.2, 0.25) is 5.88 Å². The summed E-state index contributed by atoms with van der Waals surface area (Å²) in [5.41, 5.74) is 9.86. The van der Waals surface area contributed by atoms with Crippen LogP contribution >= 0.6 is 0 Å². The van der Waals surface area contributed by atoms with Crippen LogP contribution in [0.4, 0.5) is 0 Å². The minimum atomic E-state index is 0.684. The number of unbranched alkanes of at least 4 members (excludes halogenated alkanes) is 3. The van der Waals surface area contributed by atoms with E-state index in [0.29, 0.717) is 12.5 Å². The molecule has 2 N–H and O–H groups in total. The fraction of sp³-hybridized carbons (Fsp3) is 0.261. The summed E-state index contributed by atoms with van der Waals surface area (Å²) in [6.45, 7) is 1.45. The largest absolute Gasteiger partial charge is 0.478 e. The lowest BCUT2D eigenvalue weighted by Gasteiger charge is -2.11. The highest BCUT2D eigenvalue weighted by Gasteiger charge is 2.08. The van der Waals surface area contributed by atoms with Crippen LogP contribution < -0.4 is 10.5 Å². The van der Waals surface area contributed by atoms with E-state index in [1.807, 2.05) is 30.3 Å². The smallest absolute Gasteiger partial charge is 0.214 e. The lowest BCUT2D eigenvalue weighted by Crippen LogP contribution is -2.02. The Morgan fingerprint density at radius 3 is 2.04 bits per heavy atom. The van der Waals surface area contributed by atoms with Gasteiger partial charge in [0.15, 0.2) is 0 Å². The number of hydrogen-bond donors (Lipinski definition) is 1. The van der Waals surface area contributed by atoms with Gasteiger partial charge in [-0.3, -0.25) is 0 Å². The van der Waals surface area contributed by atoms with E-state index < -0.39 is 0 Å². The average Bonchev–Trinajstić information content (AvgIpc) is 2.72. The molecule has 0 spiro atoms. The van der Waals surface area contributed by atoms with Crippen molar-refractivity contribution in [2.75, 3.05) is 13.2 Å². The Morgan fingerprint density at radius 2 is 1.35 bits per heavy atom. The van der Waals surface area contributed by atoms with Crippen LogP contribution in [0.5, 0.6) is 5.88 Å². The number of rotatable bonds is 9. The molecule has 1 aromatic heterocycles. The standard InChI is InChI=1S/C23H26N2O/c24-15-9-1-2-10-16-26-23-18-21(19-11-5-3-6-12-19)17-22(25-23)20-13-7-4-8-14-20/h3-8,11-14,17-18H,1-2,9-10,15-16,24H2. The number of ether oxygens (including phenoxy) is 1. The van der Waals surface area contributed by atoms with Crippen LogP contribution in [0, 0.1) is 0 Å². The van der Waals surface area contributed by atoms with E-state index in [0.717, 1.165) is 49.0 Å². The van der Waals surface area contributed by atoms with Crippen LogP contribution in [-0.4, -0.2) is 18.1 Å². The van der Waals surface area contributed by atoms with E-state index in [-0.39, 0.29) is 0 Å². The molecule has 26 heavy (non-hydrogen) atoms. The number of benzene rings is 2. The summed E-state index contributed by atoms with van der Waals surface area (Å²) in [6, 6.07) is 24.7. The molecule has 0 saturated carbocycles. The van der Waals surface area contributed by atoms with E-state index in [2.05, 4.69) is 42.5 Å². The van der Waals surface area contributed by atoms with Crippen molar-refractivity contribution in [3.8, 4) is 28.3 Å². The summed E-state index contributed by atoms with van der Waals surface area (Å²) in [7, 11) is 0. The zero-order valence-electron chi connectivity index (χ0n) is 15.1. The lowest BCUT2D eigenvalue weighted by molar-refractivity contribution is 0.294. The van der Waals surface area contributed by atoms with Gasteiger partial charge in [-0.25, -0.2) is 4.98 Å². The monoisotopic (exact) mass is 346 g/mol. The number of pyridine rings is 1. The third-order valence-electron chi connectivity index (χ3n) is 4.33. The molecule has 0 unspecified atom stereocenters. The van der Waals surface area contributed by atoms with E-state index in [1.165, 1.54) is 5.56 Å².